The van der Waals surface area contributed by atoms with E-state index < -0.39 is 5.91 Å². The monoisotopic (exact) mass is 328 g/mol. The van der Waals surface area contributed by atoms with Crippen LogP contribution in [0.25, 0.3) is 11.5 Å². The second-order valence-electron chi connectivity index (χ2n) is 4.69. The Morgan fingerprint density at radius 1 is 1.22 bits per heavy atom. The summed E-state index contributed by atoms with van der Waals surface area (Å²) in [5.74, 6) is 0.561. The number of benzene rings is 2. The average Bonchev–Trinajstić information content (AvgIpc) is 3.06. The smallest absolute Gasteiger partial charge is 0.293 e. The molecule has 2 aromatic carbocycles. The number of nitrogens with one attached hydrogen (secondary N) is 1. The second-order valence-corrected chi connectivity index (χ2v) is 5.13. The molecule has 0 bridgehead atoms. The molecule has 23 heavy (non-hydrogen) atoms. The van der Waals surface area contributed by atoms with E-state index in [1.54, 1.807) is 18.2 Å². The first-order valence-corrected chi connectivity index (χ1v) is 7.21. The number of anilines is 1. The number of methoxy groups -OCH3 is 1. The maximum atomic E-state index is 12.3. The highest BCUT2D eigenvalue weighted by Crippen LogP contribution is 2.28. The van der Waals surface area contributed by atoms with E-state index in [2.05, 4.69) is 10.3 Å². The number of carbonyl (C=O) groups is 1. The molecule has 3 aromatic rings. The standard InChI is InChI=1S/C17H13ClN2O3/c1-22-14-8-7-12(18)9-13(14)20-16(21)15-10-19-17(23-15)11-5-3-2-4-6-11/h2-10H,1H3,(H,20,21). The van der Waals surface area contributed by atoms with Gasteiger partial charge in [0, 0.05) is 10.6 Å². The summed E-state index contributed by atoms with van der Waals surface area (Å²) >= 11 is 5.94. The van der Waals surface area contributed by atoms with Gasteiger partial charge in [-0.2, -0.15) is 0 Å². The molecule has 3 rings (SSSR count). The van der Waals surface area contributed by atoms with Gasteiger partial charge in [0.15, 0.2) is 0 Å². The van der Waals surface area contributed by atoms with E-state index in [9.17, 15) is 4.79 Å². The van der Waals surface area contributed by atoms with Gasteiger partial charge in [0.1, 0.15) is 5.75 Å². The molecule has 0 atom stereocenters. The summed E-state index contributed by atoms with van der Waals surface area (Å²) in [5.41, 5.74) is 1.26. The number of hydrogen-bond acceptors (Lipinski definition) is 4. The minimum atomic E-state index is -0.430. The molecular weight excluding hydrogens is 316 g/mol. The fraction of sp³-hybridized carbons (Fsp3) is 0.0588. The van der Waals surface area contributed by atoms with Crippen molar-refractivity contribution >= 4 is 23.2 Å². The van der Waals surface area contributed by atoms with E-state index in [0.717, 1.165) is 5.56 Å². The van der Waals surface area contributed by atoms with Gasteiger partial charge in [0.2, 0.25) is 11.7 Å². The van der Waals surface area contributed by atoms with Crippen LogP contribution in [-0.2, 0) is 0 Å². The number of oxazole rings is 1. The van der Waals surface area contributed by atoms with Gasteiger partial charge < -0.3 is 14.5 Å². The first-order chi connectivity index (χ1) is 11.2. The Labute approximate surface area is 137 Å². The summed E-state index contributed by atoms with van der Waals surface area (Å²) < 4.78 is 10.7. The van der Waals surface area contributed by atoms with Crippen molar-refractivity contribution in [2.45, 2.75) is 0 Å². The molecule has 1 heterocycles. The number of carbonyl (C=O) groups excluding carboxylic acids is 1. The van der Waals surface area contributed by atoms with Crippen LogP contribution >= 0.6 is 11.6 Å². The van der Waals surface area contributed by atoms with Gasteiger partial charge >= 0.3 is 0 Å². The normalized spacial score (nSPS) is 10.3. The lowest BCUT2D eigenvalue weighted by Crippen LogP contribution is -2.11. The van der Waals surface area contributed by atoms with E-state index in [1.807, 2.05) is 30.3 Å². The molecule has 6 heteroatoms. The summed E-state index contributed by atoms with van der Waals surface area (Å²) in [5, 5.41) is 3.19. The van der Waals surface area contributed by atoms with Crippen LogP contribution in [0.3, 0.4) is 0 Å². The Bertz CT molecular complexity index is 831. The highest BCUT2D eigenvalue weighted by atomic mass is 35.5. The number of aromatic nitrogens is 1. The molecule has 5 nitrogen and oxygen atoms in total. The molecule has 0 saturated carbocycles. The second kappa shape index (κ2) is 6.54. The Balaban J connectivity index is 1.82. The number of rotatable bonds is 4. The number of amides is 1. The van der Waals surface area contributed by atoms with Gasteiger partial charge in [-0.05, 0) is 30.3 Å². The molecule has 0 saturated heterocycles. The van der Waals surface area contributed by atoms with Crippen LogP contribution in [0.2, 0.25) is 5.02 Å². The van der Waals surface area contributed by atoms with Crippen molar-refractivity contribution in [3.8, 4) is 17.2 Å². The number of nitrogens with zero attached hydrogens (tertiary/aromatic N) is 1. The van der Waals surface area contributed by atoms with Crippen molar-refractivity contribution in [3.05, 3.63) is 65.5 Å². The van der Waals surface area contributed by atoms with Crippen LogP contribution in [0.15, 0.2) is 59.1 Å². The lowest BCUT2D eigenvalue weighted by molar-refractivity contribution is 0.0997. The number of hydrogen-bond donors (Lipinski definition) is 1. The Hall–Kier alpha value is -2.79. The van der Waals surface area contributed by atoms with Crippen LogP contribution in [0.1, 0.15) is 10.6 Å². The maximum Gasteiger partial charge on any atom is 0.293 e. The van der Waals surface area contributed by atoms with Crippen molar-refractivity contribution in [3.63, 3.8) is 0 Å². The van der Waals surface area contributed by atoms with E-state index in [1.165, 1.54) is 13.3 Å². The quantitative estimate of drug-likeness (QED) is 0.777. The van der Waals surface area contributed by atoms with Crippen LogP contribution in [0.5, 0.6) is 5.75 Å². The molecule has 1 amide bonds. The Morgan fingerprint density at radius 3 is 2.74 bits per heavy atom. The largest absolute Gasteiger partial charge is 0.495 e. The molecule has 1 N–H and O–H groups in total. The van der Waals surface area contributed by atoms with Gasteiger partial charge in [-0.3, -0.25) is 4.79 Å². The summed E-state index contributed by atoms with van der Waals surface area (Å²) in [6.45, 7) is 0. The zero-order valence-electron chi connectivity index (χ0n) is 12.2. The maximum absolute atomic E-state index is 12.3. The summed E-state index contributed by atoms with van der Waals surface area (Å²) in [6, 6.07) is 14.3. The van der Waals surface area contributed by atoms with Crippen molar-refractivity contribution in [2.75, 3.05) is 12.4 Å². The highest BCUT2D eigenvalue weighted by molar-refractivity contribution is 6.31. The van der Waals surface area contributed by atoms with E-state index in [-0.39, 0.29) is 5.76 Å². The third-order valence-electron chi connectivity index (χ3n) is 3.16. The molecule has 0 fully saturated rings. The molecule has 0 aliphatic rings. The molecule has 0 unspecified atom stereocenters. The van der Waals surface area contributed by atoms with Crippen LogP contribution in [0, 0.1) is 0 Å². The lowest BCUT2D eigenvalue weighted by atomic mass is 10.2. The Kier molecular flexibility index (Phi) is 4.30. The number of halogens is 1. The van der Waals surface area contributed by atoms with Gasteiger partial charge in [-0.25, -0.2) is 4.98 Å². The lowest BCUT2D eigenvalue weighted by Gasteiger charge is -2.09. The minimum absolute atomic E-state index is 0.103. The molecule has 0 aliphatic heterocycles. The third-order valence-corrected chi connectivity index (χ3v) is 3.40. The topological polar surface area (TPSA) is 64.4 Å². The summed E-state index contributed by atoms with van der Waals surface area (Å²) in [6.07, 6.45) is 1.38. The third kappa shape index (κ3) is 3.35. The summed E-state index contributed by atoms with van der Waals surface area (Å²) in [7, 11) is 1.51. The van der Waals surface area contributed by atoms with Gasteiger partial charge in [0.25, 0.3) is 5.91 Å². The van der Waals surface area contributed by atoms with Crippen LogP contribution in [0.4, 0.5) is 5.69 Å². The SMILES string of the molecule is COc1ccc(Cl)cc1NC(=O)c1cnc(-c2ccccc2)o1. The first kappa shape index (κ1) is 15.1. The van der Waals surface area contributed by atoms with Crippen molar-refractivity contribution in [1.29, 1.82) is 0 Å². The fourth-order valence-electron chi connectivity index (χ4n) is 2.06. The predicted molar refractivity (Wildman–Crippen MR) is 87.9 cm³/mol. The van der Waals surface area contributed by atoms with E-state index in [4.69, 9.17) is 20.8 Å². The molecule has 0 radical (unpaired) electrons. The van der Waals surface area contributed by atoms with Crippen molar-refractivity contribution in [2.24, 2.45) is 0 Å². The number of ether oxygens (including phenoxy) is 1. The predicted octanol–water partition coefficient (Wildman–Crippen LogP) is 4.26. The molecular formula is C17H13ClN2O3. The molecule has 1 aromatic heterocycles. The van der Waals surface area contributed by atoms with Crippen molar-refractivity contribution in [1.82, 2.24) is 4.98 Å². The first-order valence-electron chi connectivity index (χ1n) is 6.83. The highest BCUT2D eigenvalue weighted by Gasteiger charge is 2.15. The van der Waals surface area contributed by atoms with Gasteiger partial charge in [-0.1, -0.05) is 29.8 Å². The van der Waals surface area contributed by atoms with E-state index in [0.29, 0.717) is 22.4 Å². The van der Waals surface area contributed by atoms with Crippen LogP contribution in [-0.4, -0.2) is 18.0 Å². The van der Waals surface area contributed by atoms with Crippen LogP contribution < -0.4 is 10.1 Å². The zero-order valence-corrected chi connectivity index (χ0v) is 13.0. The summed E-state index contributed by atoms with van der Waals surface area (Å²) in [4.78, 5) is 16.4. The van der Waals surface area contributed by atoms with Crippen molar-refractivity contribution < 1.29 is 13.9 Å². The molecule has 0 aliphatic carbocycles. The van der Waals surface area contributed by atoms with Gasteiger partial charge in [-0.15, -0.1) is 0 Å². The minimum Gasteiger partial charge on any atom is -0.495 e. The molecule has 0 spiro atoms. The van der Waals surface area contributed by atoms with E-state index >= 15 is 0 Å². The van der Waals surface area contributed by atoms with Gasteiger partial charge in [0.05, 0.1) is 19.0 Å². The fourth-order valence-corrected chi connectivity index (χ4v) is 2.23. The Morgan fingerprint density at radius 2 is 2.00 bits per heavy atom. The zero-order chi connectivity index (χ0) is 16.2. The average molecular weight is 329 g/mol. The molecule has 116 valence electrons.